The molecule has 1 aliphatic heterocycles. The van der Waals surface area contributed by atoms with Crippen molar-refractivity contribution in [3.8, 4) is 11.5 Å². The van der Waals surface area contributed by atoms with Crippen LogP contribution in [0.5, 0.6) is 11.5 Å². The van der Waals surface area contributed by atoms with E-state index in [0.29, 0.717) is 51.0 Å². The minimum Gasteiger partial charge on any atom is -0.507 e. The molecule has 3 aromatic carbocycles. The van der Waals surface area contributed by atoms with Gasteiger partial charge in [0.25, 0.3) is 5.78 Å². The molecule has 1 aromatic heterocycles. The van der Waals surface area contributed by atoms with E-state index in [1.54, 1.807) is 54.6 Å². The number of anilines is 1. The Kier molecular flexibility index (Phi) is 9.81. The van der Waals surface area contributed by atoms with Gasteiger partial charge >= 0.3 is 5.91 Å². The summed E-state index contributed by atoms with van der Waals surface area (Å²) in [7, 11) is 0. The molecule has 1 N–H and O–H groups in total. The molecule has 43 heavy (non-hydrogen) atoms. The highest BCUT2D eigenvalue weighted by Gasteiger charge is 2.48. The largest absolute Gasteiger partial charge is 0.507 e. The first-order valence-electron chi connectivity index (χ1n) is 13.5. The molecule has 8 nitrogen and oxygen atoms in total. The normalized spacial score (nSPS) is 16.0. The van der Waals surface area contributed by atoms with E-state index >= 15 is 0 Å². The Hall–Kier alpha value is -4.12. The molecule has 0 bridgehead atoms. The topological polar surface area (TPSA) is 102 Å². The van der Waals surface area contributed by atoms with Crippen LogP contribution in [0.25, 0.3) is 5.76 Å². The smallest absolute Gasteiger partial charge is 0.301 e. The summed E-state index contributed by atoms with van der Waals surface area (Å²) in [4.78, 5) is 28.4. The first-order chi connectivity index (χ1) is 20.9. The second-order valence-corrected chi connectivity index (χ2v) is 12.1. The maximum atomic E-state index is 13.5. The fourth-order valence-electron chi connectivity index (χ4n) is 4.42. The van der Waals surface area contributed by atoms with Crippen molar-refractivity contribution in [1.82, 2.24) is 10.2 Å². The lowest BCUT2D eigenvalue weighted by Gasteiger charge is -2.22. The number of aliphatic hydroxyl groups is 1. The lowest BCUT2D eigenvalue weighted by atomic mass is 9.95. The summed E-state index contributed by atoms with van der Waals surface area (Å²) in [5.41, 5.74) is 1.99. The predicted molar refractivity (Wildman–Crippen MR) is 170 cm³/mol. The van der Waals surface area contributed by atoms with Gasteiger partial charge in [0, 0.05) is 16.3 Å². The number of carbonyl (C=O) groups is 2. The quantitative estimate of drug-likeness (QED) is 0.0428. The van der Waals surface area contributed by atoms with Crippen molar-refractivity contribution < 1.29 is 24.2 Å². The van der Waals surface area contributed by atoms with E-state index < -0.39 is 17.7 Å². The van der Waals surface area contributed by atoms with Crippen LogP contribution in [0.15, 0.2) is 95.4 Å². The number of nitrogens with zero attached hydrogens (tertiary/aromatic N) is 3. The zero-order valence-corrected chi connectivity index (χ0v) is 25.6. The van der Waals surface area contributed by atoms with Crippen LogP contribution in [0.2, 0.25) is 5.02 Å². The number of amides is 1. The summed E-state index contributed by atoms with van der Waals surface area (Å²) in [5.74, 6) is -0.0407. The average molecular weight is 634 g/mol. The van der Waals surface area contributed by atoms with Crippen molar-refractivity contribution in [2.24, 2.45) is 0 Å². The molecule has 11 heteroatoms. The van der Waals surface area contributed by atoms with Crippen LogP contribution in [0, 0.1) is 0 Å². The predicted octanol–water partition coefficient (Wildman–Crippen LogP) is 7.46. The Morgan fingerprint density at radius 3 is 2.37 bits per heavy atom. The van der Waals surface area contributed by atoms with E-state index in [9.17, 15) is 14.7 Å². The first-order valence-corrected chi connectivity index (χ1v) is 15.7. The number of halogens is 1. The highest BCUT2D eigenvalue weighted by atomic mass is 35.5. The molecule has 1 unspecified atom stereocenters. The summed E-state index contributed by atoms with van der Waals surface area (Å²) in [5, 5.41) is 20.9. The maximum Gasteiger partial charge on any atom is 0.301 e. The van der Waals surface area contributed by atoms with Crippen molar-refractivity contribution in [2.45, 2.75) is 29.5 Å². The summed E-state index contributed by atoms with van der Waals surface area (Å²) in [6.45, 7) is 6.56. The minimum absolute atomic E-state index is 0.0439. The molecule has 5 rings (SSSR count). The third-order valence-electron chi connectivity index (χ3n) is 6.49. The Labute approximate surface area is 262 Å². The van der Waals surface area contributed by atoms with Crippen LogP contribution in [0.1, 0.15) is 36.1 Å². The van der Waals surface area contributed by atoms with Gasteiger partial charge in [0.05, 0.1) is 18.2 Å². The molecule has 2 heterocycles. The summed E-state index contributed by atoms with van der Waals surface area (Å²) >= 11 is 8.65. The Balaban J connectivity index is 1.50. The Bertz CT molecular complexity index is 1640. The number of ketones is 1. The number of aromatic nitrogens is 2. The van der Waals surface area contributed by atoms with Gasteiger partial charge in [-0.05, 0) is 66.1 Å². The van der Waals surface area contributed by atoms with Crippen LogP contribution in [0.3, 0.4) is 0 Å². The fraction of sp³-hybridized carbons (Fsp3) is 0.188. The van der Waals surface area contributed by atoms with Gasteiger partial charge in [0.1, 0.15) is 23.9 Å². The molecule has 0 spiro atoms. The van der Waals surface area contributed by atoms with Crippen LogP contribution < -0.4 is 14.4 Å². The number of ether oxygens (including phenoxy) is 2. The fourth-order valence-corrected chi connectivity index (χ4v) is 6.36. The van der Waals surface area contributed by atoms with E-state index in [4.69, 9.17) is 21.1 Å². The summed E-state index contributed by atoms with van der Waals surface area (Å²) in [6, 6.07) is 20.3. The average Bonchev–Trinajstić information content (AvgIpc) is 3.60. The molecule has 1 fully saturated rings. The van der Waals surface area contributed by atoms with E-state index in [0.717, 1.165) is 12.0 Å². The van der Waals surface area contributed by atoms with Crippen LogP contribution in [0.4, 0.5) is 5.13 Å². The molecule has 0 radical (unpaired) electrons. The van der Waals surface area contributed by atoms with Crippen molar-refractivity contribution in [3.05, 3.63) is 113 Å². The molecule has 0 aliphatic carbocycles. The number of benzene rings is 3. The molecule has 1 saturated heterocycles. The number of carbonyl (C=O) groups excluding carboxylic acids is 2. The van der Waals surface area contributed by atoms with E-state index in [1.807, 2.05) is 31.2 Å². The van der Waals surface area contributed by atoms with Crippen LogP contribution in [-0.2, 0) is 15.3 Å². The van der Waals surface area contributed by atoms with Gasteiger partial charge in [-0.3, -0.25) is 14.5 Å². The number of hydrogen-bond donors (Lipinski definition) is 1. The molecular weight excluding hydrogens is 606 g/mol. The minimum atomic E-state index is -0.938. The molecule has 4 aromatic rings. The van der Waals surface area contributed by atoms with Crippen molar-refractivity contribution >= 4 is 57.3 Å². The zero-order chi connectivity index (χ0) is 30.3. The van der Waals surface area contributed by atoms with Gasteiger partial charge in [-0.25, -0.2) is 0 Å². The molecule has 0 saturated carbocycles. The molecule has 1 amide bonds. The summed E-state index contributed by atoms with van der Waals surface area (Å²) in [6.07, 6.45) is 2.49. The Morgan fingerprint density at radius 2 is 1.70 bits per heavy atom. The van der Waals surface area contributed by atoms with Gasteiger partial charge in [-0.2, -0.15) is 0 Å². The van der Waals surface area contributed by atoms with E-state index in [2.05, 4.69) is 16.8 Å². The lowest BCUT2D eigenvalue weighted by Crippen LogP contribution is -2.29. The van der Waals surface area contributed by atoms with Gasteiger partial charge < -0.3 is 14.6 Å². The molecule has 1 atom stereocenters. The van der Waals surface area contributed by atoms with Gasteiger partial charge in [-0.1, -0.05) is 78.5 Å². The number of hydrogen-bond acceptors (Lipinski definition) is 9. The van der Waals surface area contributed by atoms with Crippen LogP contribution >= 0.6 is 34.7 Å². The Morgan fingerprint density at radius 1 is 1.02 bits per heavy atom. The van der Waals surface area contributed by atoms with Crippen molar-refractivity contribution in [1.29, 1.82) is 0 Å². The second kappa shape index (κ2) is 13.9. The van der Waals surface area contributed by atoms with Gasteiger partial charge in [0.15, 0.2) is 4.34 Å². The standard InChI is InChI=1S/C32H28ClN3O5S2/c1-3-17-40-24-13-7-21(8-14-24)27-26(28(37)22-9-15-25(16-10-22)41-18-4-2)29(38)30(39)36(27)31-34-35-32(43-31)42-19-20-5-11-23(33)12-6-20/h3,5-16,27,37H,1,4,17-19H2,2H3/b28-26-. The van der Waals surface area contributed by atoms with Crippen LogP contribution in [-0.4, -0.2) is 40.2 Å². The van der Waals surface area contributed by atoms with E-state index in [-0.39, 0.29) is 16.5 Å². The highest BCUT2D eigenvalue weighted by Crippen LogP contribution is 2.44. The molecular formula is C32H28ClN3O5S2. The van der Waals surface area contributed by atoms with Crippen molar-refractivity contribution in [3.63, 3.8) is 0 Å². The zero-order valence-electron chi connectivity index (χ0n) is 23.2. The number of thioether (sulfide) groups is 1. The monoisotopic (exact) mass is 633 g/mol. The lowest BCUT2D eigenvalue weighted by molar-refractivity contribution is -0.132. The van der Waals surface area contributed by atoms with Gasteiger partial charge in [0.2, 0.25) is 5.13 Å². The SMILES string of the molecule is C=CCOc1ccc(C2/C(=C(/O)c3ccc(OCCC)cc3)C(=O)C(=O)N2c2nnc(SCc3ccc(Cl)cc3)s2)cc1. The summed E-state index contributed by atoms with van der Waals surface area (Å²) < 4.78 is 11.9. The maximum absolute atomic E-state index is 13.5. The highest BCUT2D eigenvalue weighted by molar-refractivity contribution is 8.00. The molecule has 1 aliphatic rings. The first kappa shape index (κ1) is 30.3. The number of Topliss-reactive ketones (excluding diaryl/α,β-unsaturated/α-hetero) is 1. The second-order valence-electron chi connectivity index (χ2n) is 9.48. The van der Waals surface area contributed by atoms with Gasteiger partial charge in [-0.15, -0.1) is 10.2 Å². The van der Waals surface area contributed by atoms with E-state index in [1.165, 1.54) is 28.0 Å². The third kappa shape index (κ3) is 6.93. The van der Waals surface area contributed by atoms with Crippen molar-refractivity contribution in [2.75, 3.05) is 18.1 Å². The molecule has 220 valence electrons. The third-order valence-corrected chi connectivity index (χ3v) is 8.87. The number of rotatable bonds is 12. The number of aliphatic hydroxyl groups excluding tert-OH is 1.